The highest BCUT2D eigenvalue weighted by Gasteiger charge is 2.09. The van der Waals surface area contributed by atoms with Crippen molar-refractivity contribution in [3.8, 4) is 10.7 Å². The molecule has 1 aromatic carbocycles. The lowest BCUT2D eigenvalue weighted by atomic mass is 10.1. The van der Waals surface area contributed by atoms with Crippen molar-refractivity contribution in [2.45, 2.75) is 20.3 Å². The first-order valence-corrected chi connectivity index (χ1v) is 7.12. The lowest BCUT2D eigenvalue weighted by Crippen LogP contribution is -1.97. The minimum Gasteiger partial charge on any atom is -0.383 e. The number of aromatic nitrogens is 2. The molecule has 3 nitrogen and oxygen atoms in total. The van der Waals surface area contributed by atoms with E-state index in [1.54, 1.807) is 11.3 Å². The summed E-state index contributed by atoms with van der Waals surface area (Å²) in [6, 6.07) is 10.3. The van der Waals surface area contributed by atoms with Crippen LogP contribution in [-0.4, -0.2) is 9.97 Å². The summed E-state index contributed by atoms with van der Waals surface area (Å²) in [5.41, 5.74) is 8.13. The first-order chi connectivity index (χ1) is 9.17. The Balaban J connectivity index is 2.17. The van der Waals surface area contributed by atoms with Crippen molar-refractivity contribution >= 4 is 28.1 Å². The lowest BCUT2D eigenvalue weighted by molar-refractivity contribution is 1.19. The lowest BCUT2D eigenvalue weighted by Gasteiger charge is -2.04. The minimum atomic E-state index is 0.551. The zero-order valence-electron chi connectivity index (χ0n) is 11.0. The van der Waals surface area contributed by atoms with Gasteiger partial charge in [0.1, 0.15) is 5.82 Å². The molecule has 3 aromatic rings. The number of hydrogen-bond donors (Lipinski definition) is 1. The third-order valence-electron chi connectivity index (χ3n) is 3.11. The Hall–Kier alpha value is -1.94. The summed E-state index contributed by atoms with van der Waals surface area (Å²) < 4.78 is 0. The quantitative estimate of drug-likeness (QED) is 0.769. The molecule has 0 aliphatic rings. The van der Waals surface area contributed by atoms with Crippen molar-refractivity contribution in [2.24, 2.45) is 0 Å². The van der Waals surface area contributed by atoms with Crippen molar-refractivity contribution in [3.63, 3.8) is 0 Å². The van der Waals surface area contributed by atoms with E-state index in [2.05, 4.69) is 29.0 Å². The average molecular weight is 269 g/mol. The molecule has 0 fully saturated rings. The van der Waals surface area contributed by atoms with E-state index in [-0.39, 0.29) is 0 Å². The molecule has 2 aromatic heterocycles. The molecular weight excluding hydrogens is 254 g/mol. The van der Waals surface area contributed by atoms with Crippen molar-refractivity contribution < 1.29 is 0 Å². The number of anilines is 1. The van der Waals surface area contributed by atoms with Crippen LogP contribution in [0.5, 0.6) is 0 Å². The van der Waals surface area contributed by atoms with E-state index < -0.39 is 0 Å². The summed E-state index contributed by atoms with van der Waals surface area (Å²) in [5.74, 6) is 1.27. The summed E-state index contributed by atoms with van der Waals surface area (Å²) in [4.78, 5) is 11.5. The average Bonchev–Trinajstić information content (AvgIpc) is 2.88. The minimum absolute atomic E-state index is 0.551. The fraction of sp³-hybridized carbons (Fsp3) is 0.200. The molecule has 0 radical (unpaired) electrons. The molecule has 2 N–H and O–H groups in total. The van der Waals surface area contributed by atoms with Crippen LogP contribution in [0.3, 0.4) is 0 Å². The smallest absolute Gasteiger partial charge is 0.172 e. The third-order valence-corrected chi connectivity index (χ3v) is 4.34. The molecular formula is C15H15N3S. The Morgan fingerprint density at radius 2 is 2.00 bits per heavy atom. The van der Waals surface area contributed by atoms with Gasteiger partial charge in [0.25, 0.3) is 0 Å². The summed E-state index contributed by atoms with van der Waals surface area (Å²) in [5, 5.41) is 0.927. The second-order valence-corrected chi connectivity index (χ2v) is 5.74. The van der Waals surface area contributed by atoms with Crippen LogP contribution in [-0.2, 0) is 6.42 Å². The normalized spacial score (nSPS) is 11.1. The third kappa shape index (κ3) is 2.19. The molecule has 0 unspecified atom stereocenters. The fourth-order valence-electron chi connectivity index (χ4n) is 2.06. The van der Waals surface area contributed by atoms with Crippen LogP contribution in [0.4, 0.5) is 5.82 Å². The van der Waals surface area contributed by atoms with E-state index in [0.717, 1.165) is 28.0 Å². The van der Waals surface area contributed by atoms with Gasteiger partial charge in [0, 0.05) is 10.3 Å². The van der Waals surface area contributed by atoms with E-state index in [0.29, 0.717) is 5.82 Å². The Morgan fingerprint density at radius 3 is 2.74 bits per heavy atom. The van der Waals surface area contributed by atoms with Crippen molar-refractivity contribution in [1.82, 2.24) is 9.97 Å². The van der Waals surface area contributed by atoms with Crippen LogP contribution in [0.2, 0.25) is 0 Å². The largest absolute Gasteiger partial charge is 0.383 e. The van der Waals surface area contributed by atoms with Gasteiger partial charge in [-0.3, -0.25) is 0 Å². The predicted molar refractivity (Wildman–Crippen MR) is 81.4 cm³/mol. The summed E-state index contributed by atoms with van der Waals surface area (Å²) in [6.07, 6.45) is 1.03. The summed E-state index contributed by atoms with van der Waals surface area (Å²) in [7, 11) is 0. The van der Waals surface area contributed by atoms with Gasteiger partial charge in [0.15, 0.2) is 5.82 Å². The monoisotopic (exact) mass is 269 g/mol. The van der Waals surface area contributed by atoms with Crippen molar-refractivity contribution in [3.05, 3.63) is 40.8 Å². The SMILES string of the molecule is CCc1ccc(-c2nc(N)c3cc(C)ccc3n2)s1. The maximum atomic E-state index is 6.06. The van der Waals surface area contributed by atoms with Gasteiger partial charge in [0.05, 0.1) is 10.4 Å². The first kappa shape index (κ1) is 12.1. The number of aryl methyl sites for hydroxylation is 2. The number of nitrogen functional groups attached to an aromatic ring is 1. The van der Waals surface area contributed by atoms with Crippen molar-refractivity contribution in [1.29, 1.82) is 0 Å². The molecule has 0 atom stereocenters. The number of thiophene rings is 1. The second-order valence-electron chi connectivity index (χ2n) is 4.57. The number of benzene rings is 1. The van der Waals surface area contributed by atoms with Gasteiger partial charge < -0.3 is 5.73 Å². The number of rotatable bonds is 2. The van der Waals surface area contributed by atoms with Gasteiger partial charge in [-0.25, -0.2) is 9.97 Å². The molecule has 2 heterocycles. The molecule has 0 bridgehead atoms. The van der Waals surface area contributed by atoms with Gasteiger partial charge >= 0.3 is 0 Å². The standard InChI is InChI=1S/C15H15N3S/c1-3-10-5-7-13(19-10)15-17-12-6-4-9(2)8-11(12)14(16)18-15/h4-8H,3H2,1-2H3,(H2,16,17,18). The number of fused-ring (bicyclic) bond motifs is 1. The van der Waals surface area contributed by atoms with E-state index in [4.69, 9.17) is 5.73 Å². The zero-order valence-corrected chi connectivity index (χ0v) is 11.8. The Kier molecular flexibility index (Phi) is 2.95. The van der Waals surface area contributed by atoms with E-state index >= 15 is 0 Å². The number of nitrogens with two attached hydrogens (primary N) is 1. The topological polar surface area (TPSA) is 51.8 Å². The molecule has 19 heavy (non-hydrogen) atoms. The number of nitrogens with zero attached hydrogens (tertiary/aromatic N) is 2. The summed E-state index contributed by atoms with van der Waals surface area (Å²) in [6.45, 7) is 4.19. The predicted octanol–water partition coefficient (Wildman–Crippen LogP) is 3.81. The van der Waals surface area contributed by atoms with Crippen LogP contribution in [0.1, 0.15) is 17.4 Å². The molecule has 3 rings (SSSR count). The van der Waals surface area contributed by atoms with Crippen LogP contribution >= 0.6 is 11.3 Å². The van der Waals surface area contributed by atoms with Gasteiger partial charge in [0.2, 0.25) is 0 Å². The van der Waals surface area contributed by atoms with Gasteiger partial charge in [-0.15, -0.1) is 11.3 Å². The molecule has 0 saturated carbocycles. The molecule has 0 amide bonds. The van der Waals surface area contributed by atoms with E-state index in [1.165, 1.54) is 10.4 Å². The molecule has 0 saturated heterocycles. The maximum absolute atomic E-state index is 6.06. The number of hydrogen-bond acceptors (Lipinski definition) is 4. The molecule has 0 aliphatic heterocycles. The fourth-order valence-corrected chi connectivity index (χ4v) is 2.95. The highest BCUT2D eigenvalue weighted by molar-refractivity contribution is 7.15. The Morgan fingerprint density at radius 1 is 1.16 bits per heavy atom. The van der Waals surface area contributed by atoms with Gasteiger partial charge in [-0.05, 0) is 37.6 Å². The zero-order chi connectivity index (χ0) is 13.4. The molecule has 96 valence electrons. The molecule has 0 aliphatic carbocycles. The van der Waals surface area contributed by atoms with Crippen LogP contribution in [0, 0.1) is 6.92 Å². The Labute approximate surface area is 116 Å². The molecule has 0 spiro atoms. The first-order valence-electron chi connectivity index (χ1n) is 6.30. The Bertz CT molecular complexity index is 746. The van der Waals surface area contributed by atoms with Crippen LogP contribution in [0.15, 0.2) is 30.3 Å². The van der Waals surface area contributed by atoms with E-state index in [1.807, 2.05) is 25.1 Å². The highest BCUT2D eigenvalue weighted by Crippen LogP contribution is 2.29. The van der Waals surface area contributed by atoms with Crippen LogP contribution in [0.25, 0.3) is 21.6 Å². The van der Waals surface area contributed by atoms with Gasteiger partial charge in [-0.2, -0.15) is 0 Å². The van der Waals surface area contributed by atoms with Crippen LogP contribution < -0.4 is 5.73 Å². The summed E-state index contributed by atoms with van der Waals surface area (Å²) >= 11 is 1.73. The maximum Gasteiger partial charge on any atom is 0.172 e. The highest BCUT2D eigenvalue weighted by atomic mass is 32.1. The van der Waals surface area contributed by atoms with Gasteiger partial charge in [-0.1, -0.05) is 18.6 Å². The second kappa shape index (κ2) is 4.63. The van der Waals surface area contributed by atoms with Crippen molar-refractivity contribution in [2.75, 3.05) is 5.73 Å². The molecule has 4 heteroatoms. The van der Waals surface area contributed by atoms with E-state index in [9.17, 15) is 0 Å².